The number of hydrogen-bond donors (Lipinski definition) is 0. The highest BCUT2D eigenvalue weighted by Gasteiger charge is 2.27. The minimum absolute atomic E-state index is 0.297. The molecule has 0 N–H and O–H groups in total. The molecule has 2 saturated heterocycles. The van der Waals surface area contributed by atoms with Crippen molar-refractivity contribution < 1.29 is 4.79 Å². The van der Waals surface area contributed by atoms with Crippen LogP contribution in [0.5, 0.6) is 0 Å². The highest BCUT2D eigenvalue weighted by Crippen LogP contribution is 2.21. The van der Waals surface area contributed by atoms with Crippen molar-refractivity contribution in [2.45, 2.75) is 31.7 Å². The smallest absolute Gasteiger partial charge is 0.223 e. The quantitative estimate of drug-likeness (QED) is 0.775. The fraction of sp³-hybridized carbons (Fsp3) is 0.478. The number of likely N-dealkylation sites (tertiary alicyclic amines) is 1. The lowest BCUT2D eigenvalue weighted by atomic mass is 10.0. The van der Waals surface area contributed by atoms with Gasteiger partial charge in [0.05, 0.1) is 0 Å². The van der Waals surface area contributed by atoms with Crippen LogP contribution < -0.4 is 4.90 Å². The lowest BCUT2D eigenvalue weighted by Gasteiger charge is -2.36. The largest absolute Gasteiger partial charge is 0.353 e. The van der Waals surface area contributed by atoms with E-state index in [2.05, 4.69) is 45.1 Å². The number of carbonyl (C=O) groups is 1. The SMILES string of the molecule is O=C(CCN1CCCC1Cc1ccccc1)N1CCN(c2ccccn2)CC1. The molecule has 28 heavy (non-hydrogen) atoms. The molecule has 2 aliphatic rings. The summed E-state index contributed by atoms with van der Waals surface area (Å²) in [5, 5.41) is 0. The molecule has 2 aliphatic heterocycles. The van der Waals surface area contributed by atoms with Gasteiger partial charge in [-0.25, -0.2) is 4.98 Å². The third-order valence-corrected chi connectivity index (χ3v) is 6.03. The van der Waals surface area contributed by atoms with Crippen LogP contribution in [-0.4, -0.2) is 66.0 Å². The third-order valence-electron chi connectivity index (χ3n) is 6.03. The maximum Gasteiger partial charge on any atom is 0.223 e. The van der Waals surface area contributed by atoms with Crippen molar-refractivity contribution in [3.8, 4) is 0 Å². The summed E-state index contributed by atoms with van der Waals surface area (Å²) in [6.07, 6.45) is 6.04. The fourth-order valence-corrected chi connectivity index (χ4v) is 4.43. The Labute approximate surface area is 168 Å². The van der Waals surface area contributed by atoms with Crippen molar-refractivity contribution >= 4 is 11.7 Å². The van der Waals surface area contributed by atoms with E-state index in [0.29, 0.717) is 18.4 Å². The lowest BCUT2D eigenvalue weighted by Crippen LogP contribution is -2.49. The van der Waals surface area contributed by atoms with E-state index in [0.717, 1.165) is 51.5 Å². The van der Waals surface area contributed by atoms with Crippen LogP contribution in [0.1, 0.15) is 24.8 Å². The predicted molar refractivity (Wildman–Crippen MR) is 112 cm³/mol. The average molecular weight is 379 g/mol. The number of rotatable bonds is 6. The van der Waals surface area contributed by atoms with Crippen molar-refractivity contribution in [2.24, 2.45) is 0 Å². The maximum atomic E-state index is 12.7. The first-order valence-electron chi connectivity index (χ1n) is 10.5. The Morgan fingerprint density at radius 3 is 2.50 bits per heavy atom. The van der Waals surface area contributed by atoms with Crippen LogP contribution in [0.4, 0.5) is 5.82 Å². The molecule has 148 valence electrons. The molecule has 5 heteroatoms. The van der Waals surface area contributed by atoms with Gasteiger partial charge >= 0.3 is 0 Å². The number of benzene rings is 1. The van der Waals surface area contributed by atoms with E-state index < -0.39 is 0 Å². The summed E-state index contributed by atoms with van der Waals surface area (Å²) in [5.74, 6) is 1.31. The van der Waals surface area contributed by atoms with Gasteiger partial charge in [0.1, 0.15) is 5.82 Å². The van der Waals surface area contributed by atoms with Gasteiger partial charge in [0.25, 0.3) is 0 Å². The van der Waals surface area contributed by atoms with Crippen molar-refractivity contribution in [3.05, 3.63) is 60.3 Å². The highest BCUT2D eigenvalue weighted by atomic mass is 16.2. The minimum Gasteiger partial charge on any atom is -0.353 e. The number of amides is 1. The van der Waals surface area contributed by atoms with Gasteiger partial charge in [-0.1, -0.05) is 36.4 Å². The van der Waals surface area contributed by atoms with Crippen molar-refractivity contribution in [1.82, 2.24) is 14.8 Å². The van der Waals surface area contributed by atoms with Crippen LogP contribution in [0, 0.1) is 0 Å². The Morgan fingerprint density at radius 2 is 1.75 bits per heavy atom. The monoisotopic (exact) mass is 378 g/mol. The molecule has 5 nitrogen and oxygen atoms in total. The first kappa shape index (κ1) is 18.9. The average Bonchev–Trinajstić information content (AvgIpc) is 3.20. The molecule has 0 radical (unpaired) electrons. The van der Waals surface area contributed by atoms with Crippen LogP contribution in [-0.2, 0) is 11.2 Å². The van der Waals surface area contributed by atoms with E-state index >= 15 is 0 Å². The number of hydrogen-bond acceptors (Lipinski definition) is 4. The van der Waals surface area contributed by atoms with Crippen LogP contribution >= 0.6 is 0 Å². The van der Waals surface area contributed by atoms with E-state index in [4.69, 9.17) is 0 Å². The Morgan fingerprint density at radius 1 is 0.964 bits per heavy atom. The summed E-state index contributed by atoms with van der Waals surface area (Å²) >= 11 is 0. The van der Waals surface area contributed by atoms with Gasteiger partial charge in [0, 0.05) is 51.4 Å². The van der Waals surface area contributed by atoms with Crippen LogP contribution in [0.15, 0.2) is 54.7 Å². The number of piperazine rings is 1. The summed E-state index contributed by atoms with van der Waals surface area (Å²) < 4.78 is 0. The van der Waals surface area contributed by atoms with Gasteiger partial charge in [0.2, 0.25) is 5.91 Å². The summed E-state index contributed by atoms with van der Waals surface area (Å²) in [6.45, 7) is 5.33. The van der Waals surface area contributed by atoms with Crippen LogP contribution in [0.3, 0.4) is 0 Å². The first-order valence-corrected chi connectivity index (χ1v) is 10.5. The molecule has 1 atom stereocenters. The molecular weight excluding hydrogens is 348 g/mol. The molecule has 3 heterocycles. The third kappa shape index (κ3) is 4.71. The molecule has 1 aromatic heterocycles. The van der Waals surface area contributed by atoms with E-state index in [-0.39, 0.29) is 0 Å². The summed E-state index contributed by atoms with van der Waals surface area (Å²) in [4.78, 5) is 24.0. The summed E-state index contributed by atoms with van der Waals surface area (Å²) in [5.41, 5.74) is 1.40. The van der Waals surface area contributed by atoms with Crippen molar-refractivity contribution in [1.29, 1.82) is 0 Å². The predicted octanol–water partition coefficient (Wildman–Crippen LogP) is 2.83. The van der Waals surface area contributed by atoms with Gasteiger partial charge in [-0.05, 0) is 43.5 Å². The molecule has 1 aromatic carbocycles. The second kappa shape index (κ2) is 9.20. The van der Waals surface area contributed by atoms with E-state index in [1.54, 1.807) is 0 Å². The van der Waals surface area contributed by atoms with Gasteiger partial charge in [-0.3, -0.25) is 9.69 Å². The Balaban J connectivity index is 1.23. The Kier molecular flexibility index (Phi) is 6.22. The van der Waals surface area contributed by atoms with E-state index in [1.165, 1.54) is 18.4 Å². The molecule has 1 unspecified atom stereocenters. The normalized spacial score (nSPS) is 20.5. The number of anilines is 1. The maximum absolute atomic E-state index is 12.7. The second-order valence-electron chi connectivity index (χ2n) is 7.83. The number of nitrogens with zero attached hydrogens (tertiary/aromatic N) is 4. The van der Waals surface area contributed by atoms with Crippen LogP contribution in [0.25, 0.3) is 0 Å². The zero-order valence-corrected chi connectivity index (χ0v) is 16.5. The van der Waals surface area contributed by atoms with Gasteiger partial charge in [0.15, 0.2) is 0 Å². The Bertz CT molecular complexity index is 744. The molecular formula is C23H30N4O. The zero-order chi connectivity index (χ0) is 19.2. The molecule has 0 aliphatic carbocycles. The molecule has 0 spiro atoms. The molecule has 4 rings (SSSR count). The summed E-state index contributed by atoms with van der Waals surface area (Å²) in [7, 11) is 0. The standard InChI is InChI=1S/C23H30N4O/c28-23(27-17-15-26(16-18-27)22-10-4-5-12-24-22)11-14-25-13-6-9-21(25)19-20-7-2-1-3-8-20/h1-5,7-8,10,12,21H,6,9,11,13-19H2. The number of pyridine rings is 1. The molecule has 0 bridgehead atoms. The van der Waals surface area contributed by atoms with Crippen molar-refractivity contribution in [3.63, 3.8) is 0 Å². The van der Waals surface area contributed by atoms with Gasteiger partial charge in [-0.2, -0.15) is 0 Å². The first-order chi connectivity index (χ1) is 13.8. The molecule has 1 amide bonds. The number of carbonyl (C=O) groups excluding carboxylic acids is 1. The Hall–Kier alpha value is -2.40. The molecule has 0 saturated carbocycles. The zero-order valence-electron chi connectivity index (χ0n) is 16.5. The van der Waals surface area contributed by atoms with Gasteiger partial charge in [-0.15, -0.1) is 0 Å². The topological polar surface area (TPSA) is 39.7 Å². The molecule has 2 fully saturated rings. The lowest BCUT2D eigenvalue weighted by molar-refractivity contribution is -0.131. The molecule has 2 aromatic rings. The van der Waals surface area contributed by atoms with E-state index in [1.807, 2.05) is 29.3 Å². The van der Waals surface area contributed by atoms with E-state index in [9.17, 15) is 4.79 Å². The number of aromatic nitrogens is 1. The highest BCUT2D eigenvalue weighted by molar-refractivity contribution is 5.76. The summed E-state index contributed by atoms with van der Waals surface area (Å²) in [6, 6.07) is 17.3. The van der Waals surface area contributed by atoms with Crippen molar-refractivity contribution in [2.75, 3.05) is 44.2 Å². The van der Waals surface area contributed by atoms with Crippen LogP contribution in [0.2, 0.25) is 0 Å². The fourth-order valence-electron chi connectivity index (χ4n) is 4.43. The minimum atomic E-state index is 0.297. The second-order valence-corrected chi connectivity index (χ2v) is 7.83. The van der Waals surface area contributed by atoms with Gasteiger partial charge < -0.3 is 9.80 Å².